The molecule has 2 aromatic heterocycles. The minimum absolute atomic E-state index is 0.241. The molecule has 4 rings (SSSR count). The van der Waals surface area contributed by atoms with Crippen molar-refractivity contribution >= 4 is 11.6 Å². The molecule has 1 amide bonds. The van der Waals surface area contributed by atoms with Gasteiger partial charge in [0.15, 0.2) is 11.6 Å². The third-order valence-electron chi connectivity index (χ3n) is 4.24. The van der Waals surface area contributed by atoms with Gasteiger partial charge in [0.1, 0.15) is 17.3 Å². The van der Waals surface area contributed by atoms with Gasteiger partial charge >= 0.3 is 0 Å². The molecule has 0 atom stereocenters. The van der Waals surface area contributed by atoms with E-state index in [-0.39, 0.29) is 17.4 Å². The second-order valence-electron chi connectivity index (χ2n) is 6.24. The Morgan fingerprint density at radius 3 is 2.80 bits per heavy atom. The van der Waals surface area contributed by atoms with E-state index in [4.69, 9.17) is 4.42 Å². The first-order valence-electron chi connectivity index (χ1n) is 8.12. The second-order valence-corrected chi connectivity index (χ2v) is 6.24. The first-order chi connectivity index (χ1) is 12.0. The van der Waals surface area contributed by atoms with E-state index in [9.17, 15) is 9.18 Å². The molecule has 3 aromatic rings. The maximum atomic E-state index is 13.6. The van der Waals surface area contributed by atoms with Crippen LogP contribution in [0.15, 0.2) is 28.7 Å². The van der Waals surface area contributed by atoms with Crippen LogP contribution >= 0.6 is 0 Å². The fraction of sp³-hybridized carbons (Fsp3) is 0.278. The summed E-state index contributed by atoms with van der Waals surface area (Å²) >= 11 is 0. The number of carbonyl (C=O) groups excluding carboxylic acids is 1. The smallest absolute Gasteiger partial charge is 0.278 e. The van der Waals surface area contributed by atoms with Gasteiger partial charge < -0.3 is 9.73 Å². The third kappa shape index (κ3) is 2.93. The van der Waals surface area contributed by atoms with Gasteiger partial charge in [0, 0.05) is 18.4 Å². The Hall–Kier alpha value is -2.96. The number of carbonyl (C=O) groups is 1. The summed E-state index contributed by atoms with van der Waals surface area (Å²) in [7, 11) is 0. The van der Waals surface area contributed by atoms with Crippen molar-refractivity contribution < 1.29 is 13.6 Å². The minimum Gasteiger partial charge on any atom is -0.445 e. The lowest BCUT2D eigenvalue weighted by Crippen LogP contribution is -2.15. The zero-order chi connectivity index (χ0) is 17.6. The van der Waals surface area contributed by atoms with Gasteiger partial charge in [-0.1, -0.05) is 12.1 Å². The molecule has 0 spiro atoms. The van der Waals surface area contributed by atoms with E-state index in [0.717, 1.165) is 18.5 Å². The molecule has 1 aromatic carbocycles. The Morgan fingerprint density at radius 1 is 1.36 bits per heavy atom. The topological polar surface area (TPSA) is 83.8 Å². The van der Waals surface area contributed by atoms with Crippen LogP contribution < -0.4 is 5.32 Å². The van der Waals surface area contributed by atoms with E-state index in [1.54, 1.807) is 26.0 Å². The third-order valence-corrected chi connectivity index (χ3v) is 4.24. The van der Waals surface area contributed by atoms with Crippen molar-refractivity contribution in [1.29, 1.82) is 0 Å². The number of rotatable bonds is 4. The van der Waals surface area contributed by atoms with Gasteiger partial charge in [-0.15, -0.1) is 0 Å². The molecule has 0 radical (unpaired) electrons. The van der Waals surface area contributed by atoms with Crippen LogP contribution in [0.2, 0.25) is 0 Å². The minimum atomic E-state index is -0.365. The van der Waals surface area contributed by atoms with Crippen LogP contribution in [0.25, 0.3) is 11.3 Å². The fourth-order valence-electron chi connectivity index (χ4n) is 2.91. The molecule has 25 heavy (non-hydrogen) atoms. The van der Waals surface area contributed by atoms with Crippen LogP contribution in [-0.4, -0.2) is 21.1 Å². The Balaban J connectivity index is 1.73. The highest BCUT2D eigenvalue weighted by atomic mass is 19.1. The van der Waals surface area contributed by atoms with Crippen LogP contribution in [0.4, 0.5) is 10.1 Å². The summed E-state index contributed by atoms with van der Waals surface area (Å²) in [5.74, 6) is 0.510. The molecule has 128 valence electrons. The Labute approximate surface area is 143 Å². The molecule has 1 fully saturated rings. The summed E-state index contributed by atoms with van der Waals surface area (Å²) in [6.45, 7) is 3.38. The molecule has 2 heterocycles. The van der Waals surface area contributed by atoms with Crippen molar-refractivity contribution in [3.63, 3.8) is 0 Å². The fourth-order valence-corrected chi connectivity index (χ4v) is 2.91. The molecule has 0 unspecified atom stereocenters. The Bertz CT molecular complexity index is 956. The lowest BCUT2D eigenvalue weighted by Gasteiger charge is -2.07. The number of hydrogen-bond acceptors (Lipinski definition) is 4. The molecule has 1 saturated carbocycles. The Kier molecular flexibility index (Phi) is 3.63. The number of aromatic nitrogens is 3. The average molecular weight is 340 g/mol. The summed E-state index contributed by atoms with van der Waals surface area (Å²) < 4.78 is 18.9. The van der Waals surface area contributed by atoms with E-state index >= 15 is 0 Å². The highest BCUT2D eigenvalue weighted by molar-refractivity contribution is 6.05. The number of amides is 1. The van der Waals surface area contributed by atoms with Crippen molar-refractivity contribution in [3.05, 3.63) is 53.1 Å². The maximum Gasteiger partial charge on any atom is 0.278 e. The van der Waals surface area contributed by atoms with Gasteiger partial charge in [-0.05, 0) is 31.9 Å². The number of oxazole rings is 1. The molecule has 0 saturated heterocycles. The van der Waals surface area contributed by atoms with Crippen LogP contribution in [0, 0.1) is 19.7 Å². The van der Waals surface area contributed by atoms with Crippen LogP contribution in [-0.2, 0) is 0 Å². The molecule has 6 nitrogen and oxygen atoms in total. The number of hydrogen-bond donors (Lipinski definition) is 2. The summed E-state index contributed by atoms with van der Waals surface area (Å²) in [6.07, 6.45) is 2.07. The first-order valence-corrected chi connectivity index (χ1v) is 8.12. The van der Waals surface area contributed by atoms with Gasteiger partial charge in [-0.2, -0.15) is 5.10 Å². The summed E-state index contributed by atoms with van der Waals surface area (Å²) in [5, 5.41) is 10.2. The van der Waals surface area contributed by atoms with Crippen molar-refractivity contribution in [2.24, 2.45) is 0 Å². The molecule has 1 aliphatic carbocycles. The first kappa shape index (κ1) is 15.6. The zero-order valence-corrected chi connectivity index (χ0v) is 13.9. The number of nitrogens with zero attached hydrogens (tertiary/aromatic N) is 2. The van der Waals surface area contributed by atoms with Gasteiger partial charge in [0.2, 0.25) is 0 Å². The number of aryl methyl sites for hydroxylation is 2. The number of benzene rings is 1. The van der Waals surface area contributed by atoms with Crippen molar-refractivity contribution in [2.45, 2.75) is 32.6 Å². The highest BCUT2D eigenvalue weighted by Crippen LogP contribution is 2.45. The van der Waals surface area contributed by atoms with Gasteiger partial charge in [0.25, 0.3) is 5.91 Å². The number of H-pyrrole nitrogens is 1. The van der Waals surface area contributed by atoms with Crippen molar-refractivity contribution in [2.75, 3.05) is 5.32 Å². The van der Waals surface area contributed by atoms with E-state index in [2.05, 4.69) is 20.5 Å². The quantitative estimate of drug-likeness (QED) is 0.753. The summed E-state index contributed by atoms with van der Waals surface area (Å²) in [5.41, 5.74) is 2.81. The lowest BCUT2D eigenvalue weighted by molar-refractivity contribution is 0.102. The predicted octanol–water partition coefficient (Wildman–Crippen LogP) is 3.95. The van der Waals surface area contributed by atoms with Crippen LogP contribution in [0.5, 0.6) is 0 Å². The molecular weight excluding hydrogens is 323 g/mol. The molecule has 1 aliphatic rings. The molecule has 0 bridgehead atoms. The van der Waals surface area contributed by atoms with Gasteiger partial charge in [-0.25, -0.2) is 9.37 Å². The van der Waals surface area contributed by atoms with E-state index in [0.29, 0.717) is 34.5 Å². The standard InChI is InChI=1S/C18H17FN4O2/c1-9-14(20-10(2)25-9)18(24)21-17-15(11-6-7-11)22-23-16(17)12-4-3-5-13(19)8-12/h3-5,8,11H,6-7H2,1-2H3,(H,21,24)(H,22,23). The van der Waals surface area contributed by atoms with Crippen LogP contribution in [0.1, 0.15) is 46.6 Å². The Morgan fingerprint density at radius 2 is 2.16 bits per heavy atom. The summed E-state index contributed by atoms with van der Waals surface area (Å²) in [4.78, 5) is 16.8. The van der Waals surface area contributed by atoms with E-state index < -0.39 is 0 Å². The molecular formula is C18H17FN4O2. The maximum absolute atomic E-state index is 13.6. The normalized spacial score (nSPS) is 13.9. The number of halogens is 1. The van der Waals surface area contributed by atoms with E-state index in [1.807, 2.05) is 0 Å². The zero-order valence-electron chi connectivity index (χ0n) is 13.9. The van der Waals surface area contributed by atoms with Gasteiger partial charge in [-0.3, -0.25) is 9.89 Å². The van der Waals surface area contributed by atoms with Crippen LogP contribution in [0.3, 0.4) is 0 Å². The molecule has 2 N–H and O–H groups in total. The molecule has 0 aliphatic heterocycles. The largest absolute Gasteiger partial charge is 0.445 e. The summed E-state index contributed by atoms with van der Waals surface area (Å²) in [6, 6.07) is 6.15. The molecule has 7 heteroatoms. The number of nitrogens with one attached hydrogen (secondary N) is 2. The highest BCUT2D eigenvalue weighted by Gasteiger charge is 2.31. The average Bonchev–Trinajstić information content (AvgIpc) is 3.24. The van der Waals surface area contributed by atoms with Gasteiger partial charge in [0.05, 0.1) is 11.4 Å². The number of anilines is 1. The monoisotopic (exact) mass is 340 g/mol. The van der Waals surface area contributed by atoms with Crippen molar-refractivity contribution in [1.82, 2.24) is 15.2 Å². The lowest BCUT2D eigenvalue weighted by atomic mass is 10.1. The van der Waals surface area contributed by atoms with Crippen molar-refractivity contribution in [3.8, 4) is 11.3 Å². The number of aromatic amines is 1. The SMILES string of the molecule is Cc1nc(C(=O)Nc2c(-c3cccc(F)c3)n[nH]c2C2CC2)c(C)o1. The predicted molar refractivity (Wildman–Crippen MR) is 89.9 cm³/mol. The van der Waals surface area contributed by atoms with E-state index in [1.165, 1.54) is 12.1 Å². The second kappa shape index (κ2) is 5.84.